The van der Waals surface area contributed by atoms with Gasteiger partial charge in [0, 0.05) is 12.7 Å². The van der Waals surface area contributed by atoms with Crippen LogP contribution in [0, 0.1) is 0 Å². The Balaban J connectivity index is 3.29. The molecular weight excluding hydrogens is 156 g/mol. The Morgan fingerprint density at radius 2 is 2.17 bits per heavy atom. The number of hydrogen-bond acceptors (Lipinski definition) is 3. The number of rotatable bonds is 6. The number of hydrogen-bond donors (Lipinski definition) is 0. The van der Waals surface area contributed by atoms with Crippen LogP contribution in [-0.2, 0) is 14.3 Å². The van der Waals surface area contributed by atoms with Crippen molar-refractivity contribution in [1.29, 1.82) is 0 Å². The molecule has 3 nitrogen and oxygen atoms in total. The second kappa shape index (κ2) is 8.27. The second-order valence-corrected chi connectivity index (χ2v) is 2.23. The summed E-state index contributed by atoms with van der Waals surface area (Å²) in [5.41, 5.74) is 0. The van der Waals surface area contributed by atoms with Crippen LogP contribution in [0.2, 0.25) is 0 Å². The first kappa shape index (κ1) is 11.2. The second-order valence-electron chi connectivity index (χ2n) is 2.23. The van der Waals surface area contributed by atoms with Gasteiger partial charge in [0.25, 0.3) is 0 Å². The van der Waals surface area contributed by atoms with Crippen molar-refractivity contribution in [3.63, 3.8) is 0 Å². The van der Waals surface area contributed by atoms with E-state index in [1.54, 1.807) is 13.0 Å². The number of carbonyl (C=O) groups is 1. The van der Waals surface area contributed by atoms with Crippen molar-refractivity contribution in [3.05, 3.63) is 12.2 Å². The third-order valence-electron chi connectivity index (χ3n) is 1.10. The van der Waals surface area contributed by atoms with Crippen molar-refractivity contribution >= 4 is 5.97 Å². The molecule has 0 aliphatic heterocycles. The van der Waals surface area contributed by atoms with E-state index in [-0.39, 0.29) is 5.97 Å². The molecule has 0 atom stereocenters. The minimum atomic E-state index is -0.308. The Hall–Kier alpha value is -0.830. The van der Waals surface area contributed by atoms with Crippen molar-refractivity contribution in [3.8, 4) is 0 Å². The van der Waals surface area contributed by atoms with Crippen LogP contribution in [-0.4, -0.2) is 25.8 Å². The van der Waals surface area contributed by atoms with E-state index in [1.165, 1.54) is 6.08 Å². The van der Waals surface area contributed by atoms with E-state index in [1.807, 2.05) is 6.92 Å². The van der Waals surface area contributed by atoms with Gasteiger partial charge < -0.3 is 9.47 Å². The first-order valence-electron chi connectivity index (χ1n) is 4.22. The van der Waals surface area contributed by atoms with Crippen LogP contribution in [0.5, 0.6) is 0 Å². The standard InChI is InChI=1S/C9H16O3/c1-3-7-11-8-5-6-9(10)12-4-2/h5-6H,3-4,7-8H2,1-2H3/b6-5+. The van der Waals surface area contributed by atoms with Gasteiger partial charge in [-0.15, -0.1) is 0 Å². The normalized spacial score (nSPS) is 10.5. The summed E-state index contributed by atoms with van der Waals surface area (Å²) in [4.78, 5) is 10.7. The highest BCUT2D eigenvalue weighted by Gasteiger charge is 1.91. The molecule has 0 unspecified atom stereocenters. The van der Waals surface area contributed by atoms with Crippen molar-refractivity contribution < 1.29 is 14.3 Å². The topological polar surface area (TPSA) is 35.5 Å². The van der Waals surface area contributed by atoms with E-state index >= 15 is 0 Å². The lowest BCUT2D eigenvalue weighted by molar-refractivity contribution is -0.137. The minimum absolute atomic E-state index is 0.308. The van der Waals surface area contributed by atoms with Crippen LogP contribution in [0.25, 0.3) is 0 Å². The molecule has 0 rings (SSSR count). The van der Waals surface area contributed by atoms with Crippen molar-refractivity contribution in [2.24, 2.45) is 0 Å². The summed E-state index contributed by atoms with van der Waals surface area (Å²) < 4.78 is 9.78. The molecule has 70 valence electrons. The third-order valence-corrected chi connectivity index (χ3v) is 1.10. The Morgan fingerprint density at radius 3 is 2.75 bits per heavy atom. The lowest BCUT2D eigenvalue weighted by Gasteiger charge is -1.96. The maximum atomic E-state index is 10.7. The van der Waals surface area contributed by atoms with Crippen LogP contribution < -0.4 is 0 Å². The Morgan fingerprint density at radius 1 is 1.42 bits per heavy atom. The fourth-order valence-corrected chi connectivity index (χ4v) is 0.630. The Labute approximate surface area is 73.4 Å². The molecule has 0 aromatic heterocycles. The molecule has 0 fully saturated rings. The minimum Gasteiger partial charge on any atom is -0.463 e. The lowest BCUT2D eigenvalue weighted by Crippen LogP contribution is -2.00. The summed E-state index contributed by atoms with van der Waals surface area (Å²) in [6.07, 6.45) is 4.04. The van der Waals surface area contributed by atoms with Crippen LogP contribution in [0.15, 0.2) is 12.2 Å². The maximum absolute atomic E-state index is 10.7. The zero-order chi connectivity index (χ0) is 9.23. The molecular formula is C9H16O3. The SMILES string of the molecule is CCCOC/C=C/C(=O)OCC. The monoisotopic (exact) mass is 172 g/mol. The summed E-state index contributed by atoms with van der Waals surface area (Å²) in [5, 5.41) is 0. The molecule has 0 saturated carbocycles. The zero-order valence-corrected chi connectivity index (χ0v) is 7.71. The van der Waals surface area contributed by atoms with E-state index in [0.29, 0.717) is 13.2 Å². The maximum Gasteiger partial charge on any atom is 0.330 e. The Kier molecular flexibility index (Phi) is 7.70. The molecule has 0 bridgehead atoms. The summed E-state index contributed by atoms with van der Waals surface area (Å²) in [5.74, 6) is -0.308. The summed E-state index contributed by atoms with van der Waals surface area (Å²) in [7, 11) is 0. The predicted octanol–water partition coefficient (Wildman–Crippen LogP) is 1.53. The van der Waals surface area contributed by atoms with Crippen LogP contribution in [0.4, 0.5) is 0 Å². The Bertz CT molecular complexity index is 141. The summed E-state index contributed by atoms with van der Waals surface area (Å²) in [6, 6.07) is 0. The molecule has 0 aliphatic rings. The van der Waals surface area contributed by atoms with E-state index < -0.39 is 0 Å². The molecule has 0 saturated heterocycles. The molecule has 12 heavy (non-hydrogen) atoms. The number of ether oxygens (including phenoxy) is 2. The van der Waals surface area contributed by atoms with Crippen LogP contribution >= 0.6 is 0 Å². The summed E-state index contributed by atoms with van der Waals surface area (Å²) in [6.45, 7) is 5.44. The fraction of sp³-hybridized carbons (Fsp3) is 0.667. The van der Waals surface area contributed by atoms with Gasteiger partial charge >= 0.3 is 5.97 Å². The average molecular weight is 172 g/mol. The fourth-order valence-electron chi connectivity index (χ4n) is 0.630. The predicted molar refractivity (Wildman–Crippen MR) is 46.9 cm³/mol. The number of carbonyl (C=O) groups excluding carboxylic acids is 1. The van der Waals surface area contributed by atoms with Crippen LogP contribution in [0.1, 0.15) is 20.3 Å². The lowest BCUT2D eigenvalue weighted by atomic mass is 10.5. The van der Waals surface area contributed by atoms with E-state index in [0.717, 1.165) is 13.0 Å². The molecule has 0 aliphatic carbocycles. The van der Waals surface area contributed by atoms with Gasteiger partial charge in [0.2, 0.25) is 0 Å². The molecule has 0 aromatic carbocycles. The van der Waals surface area contributed by atoms with Crippen molar-refractivity contribution in [1.82, 2.24) is 0 Å². The van der Waals surface area contributed by atoms with Gasteiger partial charge in [-0.2, -0.15) is 0 Å². The molecule has 0 amide bonds. The van der Waals surface area contributed by atoms with Crippen molar-refractivity contribution in [2.45, 2.75) is 20.3 Å². The molecule has 0 heterocycles. The highest BCUT2D eigenvalue weighted by atomic mass is 16.5. The molecule has 0 N–H and O–H groups in total. The van der Waals surface area contributed by atoms with E-state index in [4.69, 9.17) is 4.74 Å². The number of esters is 1. The van der Waals surface area contributed by atoms with Crippen LogP contribution in [0.3, 0.4) is 0 Å². The highest BCUT2D eigenvalue weighted by Crippen LogP contribution is 1.84. The first-order chi connectivity index (χ1) is 5.81. The van der Waals surface area contributed by atoms with Gasteiger partial charge in [-0.25, -0.2) is 4.79 Å². The quantitative estimate of drug-likeness (QED) is 0.346. The highest BCUT2D eigenvalue weighted by molar-refractivity contribution is 5.81. The van der Waals surface area contributed by atoms with Gasteiger partial charge in [-0.1, -0.05) is 13.0 Å². The van der Waals surface area contributed by atoms with E-state index in [9.17, 15) is 4.79 Å². The molecule has 0 spiro atoms. The third kappa shape index (κ3) is 7.28. The summed E-state index contributed by atoms with van der Waals surface area (Å²) >= 11 is 0. The van der Waals surface area contributed by atoms with Gasteiger partial charge in [0.05, 0.1) is 13.2 Å². The largest absolute Gasteiger partial charge is 0.463 e. The molecule has 3 heteroatoms. The van der Waals surface area contributed by atoms with Gasteiger partial charge in [-0.05, 0) is 13.3 Å². The van der Waals surface area contributed by atoms with Crippen molar-refractivity contribution in [2.75, 3.05) is 19.8 Å². The molecule has 0 radical (unpaired) electrons. The van der Waals surface area contributed by atoms with Gasteiger partial charge in [0.15, 0.2) is 0 Å². The molecule has 0 aromatic rings. The smallest absolute Gasteiger partial charge is 0.330 e. The average Bonchev–Trinajstić information content (AvgIpc) is 2.05. The van der Waals surface area contributed by atoms with Gasteiger partial charge in [-0.3, -0.25) is 0 Å². The van der Waals surface area contributed by atoms with Gasteiger partial charge in [0.1, 0.15) is 0 Å². The first-order valence-corrected chi connectivity index (χ1v) is 4.22. The van der Waals surface area contributed by atoms with E-state index in [2.05, 4.69) is 4.74 Å². The zero-order valence-electron chi connectivity index (χ0n) is 7.71.